The van der Waals surface area contributed by atoms with Gasteiger partial charge in [0, 0.05) is 31.4 Å². The number of thiophene rings is 1. The number of nitrogens with zero attached hydrogens (tertiary/aromatic N) is 3. The van der Waals surface area contributed by atoms with Gasteiger partial charge in [-0.1, -0.05) is 13.0 Å². The summed E-state index contributed by atoms with van der Waals surface area (Å²) < 4.78 is 5.30. The molecule has 3 rings (SSSR count). The van der Waals surface area contributed by atoms with Gasteiger partial charge in [-0.25, -0.2) is 4.98 Å². The molecule has 0 amide bonds. The number of hydrogen-bond acceptors (Lipinski definition) is 5. The van der Waals surface area contributed by atoms with Gasteiger partial charge < -0.3 is 15.1 Å². The van der Waals surface area contributed by atoms with E-state index in [9.17, 15) is 0 Å². The maximum absolute atomic E-state index is 5.30. The molecule has 0 aliphatic heterocycles. The normalized spacial score (nSPS) is 12.4. The lowest BCUT2D eigenvalue weighted by atomic mass is 10.1. The molecular formula is C18H25IN6OS. The smallest absolute Gasteiger partial charge is 0.216 e. The second-order valence-corrected chi connectivity index (χ2v) is 7.13. The Bertz CT molecular complexity index is 800. The van der Waals surface area contributed by atoms with E-state index in [2.05, 4.69) is 55.2 Å². The minimum Gasteiger partial charge on any atom is -0.461 e. The number of hydrogen-bond donors (Lipinski definition) is 3. The minimum atomic E-state index is 0. The number of nitrogens with one attached hydrogen (secondary N) is 3. The zero-order valence-electron chi connectivity index (χ0n) is 15.4. The Labute approximate surface area is 180 Å². The van der Waals surface area contributed by atoms with Crippen molar-refractivity contribution in [3.63, 3.8) is 0 Å². The number of aromatic amines is 1. The highest BCUT2D eigenvalue weighted by molar-refractivity contribution is 14.0. The summed E-state index contributed by atoms with van der Waals surface area (Å²) in [6.45, 7) is 3.83. The van der Waals surface area contributed by atoms with Crippen molar-refractivity contribution >= 4 is 41.3 Å². The number of aliphatic imine (C=N–C) groups is 1. The molecule has 0 aromatic carbocycles. The molecule has 7 nitrogen and oxygen atoms in total. The van der Waals surface area contributed by atoms with Gasteiger partial charge in [0.15, 0.2) is 11.7 Å². The summed E-state index contributed by atoms with van der Waals surface area (Å²) in [5.41, 5.74) is 0. The Morgan fingerprint density at radius 3 is 2.93 bits per heavy atom. The molecule has 0 saturated carbocycles. The SMILES string of the molecule is CN=C(NCCc1nc(-c2ccco2)n[nH]1)NCC(C)Cc1cccs1.I. The standard InChI is InChI=1S/C18H24N6OS.HI/c1-13(11-14-5-4-10-26-14)12-21-18(19-2)20-8-7-16-22-17(24-23-16)15-6-3-9-25-15;/h3-6,9-10,13H,7-8,11-12H2,1-2H3,(H2,19,20,21)(H,22,23,24);1H. The molecule has 146 valence electrons. The van der Waals surface area contributed by atoms with E-state index in [0.717, 1.165) is 31.2 Å². The Morgan fingerprint density at radius 2 is 2.22 bits per heavy atom. The molecule has 0 aliphatic rings. The Balaban J connectivity index is 0.00000261. The van der Waals surface area contributed by atoms with E-state index in [0.29, 0.717) is 24.0 Å². The predicted molar refractivity (Wildman–Crippen MR) is 120 cm³/mol. The second kappa shape index (κ2) is 11.1. The largest absolute Gasteiger partial charge is 0.461 e. The maximum Gasteiger partial charge on any atom is 0.216 e. The second-order valence-electron chi connectivity index (χ2n) is 6.10. The third kappa shape index (κ3) is 6.65. The van der Waals surface area contributed by atoms with Crippen LogP contribution in [-0.4, -0.2) is 41.3 Å². The van der Waals surface area contributed by atoms with Gasteiger partial charge in [-0.05, 0) is 35.9 Å². The molecule has 3 heterocycles. The van der Waals surface area contributed by atoms with Crippen LogP contribution in [0.4, 0.5) is 0 Å². The highest BCUT2D eigenvalue weighted by Crippen LogP contribution is 2.14. The first-order chi connectivity index (χ1) is 12.7. The number of H-pyrrole nitrogens is 1. The summed E-state index contributed by atoms with van der Waals surface area (Å²) >= 11 is 1.81. The van der Waals surface area contributed by atoms with E-state index >= 15 is 0 Å². The lowest BCUT2D eigenvalue weighted by Crippen LogP contribution is -2.40. The van der Waals surface area contributed by atoms with Crippen LogP contribution in [0.1, 0.15) is 17.6 Å². The van der Waals surface area contributed by atoms with E-state index in [1.807, 2.05) is 23.5 Å². The Kier molecular flexibility index (Phi) is 8.79. The third-order valence-electron chi connectivity index (χ3n) is 3.90. The molecule has 3 aromatic rings. The molecule has 3 N–H and O–H groups in total. The fourth-order valence-corrected chi connectivity index (χ4v) is 3.43. The van der Waals surface area contributed by atoms with Crippen LogP contribution in [0.5, 0.6) is 0 Å². The van der Waals surface area contributed by atoms with E-state index in [1.165, 1.54) is 4.88 Å². The van der Waals surface area contributed by atoms with Crippen LogP contribution in [0.15, 0.2) is 45.3 Å². The monoisotopic (exact) mass is 500 g/mol. The lowest BCUT2D eigenvalue weighted by Gasteiger charge is -2.15. The number of aromatic nitrogens is 3. The molecule has 0 bridgehead atoms. The first kappa shape index (κ1) is 21.4. The first-order valence-corrected chi connectivity index (χ1v) is 9.54. The van der Waals surface area contributed by atoms with E-state index in [1.54, 1.807) is 13.3 Å². The summed E-state index contributed by atoms with van der Waals surface area (Å²) in [4.78, 5) is 10.1. The van der Waals surface area contributed by atoms with E-state index in [-0.39, 0.29) is 24.0 Å². The van der Waals surface area contributed by atoms with Crippen LogP contribution in [-0.2, 0) is 12.8 Å². The Hall–Kier alpha value is -1.88. The average Bonchev–Trinajstić information content (AvgIpc) is 3.39. The highest BCUT2D eigenvalue weighted by atomic mass is 127. The van der Waals surface area contributed by atoms with Crippen LogP contribution in [0.2, 0.25) is 0 Å². The van der Waals surface area contributed by atoms with Crippen molar-refractivity contribution in [3.05, 3.63) is 46.6 Å². The van der Waals surface area contributed by atoms with Crippen LogP contribution in [0, 0.1) is 5.92 Å². The van der Waals surface area contributed by atoms with E-state index in [4.69, 9.17) is 4.42 Å². The molecular weight excluding hydrogens is 475 g/mol. The zero-order chi connectivity index (χ0) is 18.2. The van der Waals surface area contributed by atoms with Gasteiger partial charge >= 0.3 is 0 Å². The summed E-state index contributed by atoms with van der Waals surface area (Å²) in [6, 6.07) is 7.94. The summed E-state index contributed by atoms with van der Waals surface area (Å²) in [6.07, 6.45) is 3.41. The van der Waals surface area contributed by atoms with Gasteiger partial charge in [0.1, 0.15) is 5.82 Å². The third-order valence-corrected chi connectivity index (χ3v) is 4.80. The quantitative estimate of drug-likeness (QED) is 0.251. The van der Waals surface area contributed by atoms with Crippen LogP contribution < -0.4 is 10.6 Å². The number of halogens is 1. The molecule has 27 heavy (non-hydrogen) atoms. The lowest BCUT2D eigenvalue weighted by molar-refractivity contribution is 0.562. The predicted octanol–water partition coefficient (Wildman–Crippen LogP) is 3.33. The van der Waals surface area contributed by atoms with Gasteiger partial charge in [0.05, 0.1) is 6.26 Å². The van der Waals surface area contributed by atoms with E-state index < -0.39 is 0 Å². The summed E-state index contributed by atoms with van der Waals surface area (Å²) in [5, 5.41) is 15.9. The van der Waals surface area contributed by atoms with Crippen molar-refractivity contribution in [2.75, 3.05) is 20.1 Å². The topological polar surface area (TPSA) is 91.1 Å². The van der Waals surface area contributed by atoms with Crippen molar-refractivity contribution in [2.45, 2.75) is 19.8 Å². The number of furan rings is 1. The zero-order valence-corrected chi connectivity index (χ0v) is 18.6. The first-order valence-electron chi connectivity index (χ1n) is 8.66. The van der Waals surface area contributed by atoms with Gasteiger partial charge in [0.25, 0.3) is 0 Å². The Morgan fingerprint density at radius 1 is 1.33 bits per heavy atom. The molecule has 9 heteroatoms. The van der Waals surface area contributed by atoms with Gasteiger partial charge in [-0.15, -0.1) is 35.3 Å². The van der Waals surface area contributed by atoms with Crippen molar-refractivity contribution < 1.29 is 4.42 Å². The molecule has 0 aliphatic carbocycles. The summed E-state index contributed by atoms with van der Waals surface area (Å²) in [5.74, 6) is 3.39. The molecule has 1 atom stereocenters. The van der Waals surface area contributed by atoms with Gasteiger partial charge in [-0.3, -0.25) is 10.1 Å². The molecule has 1 unspecified atom stereocenters. The van der Waals surface area contributed by atoms with Crippen LogP contribution in [0.3, 0.4) is 0 Å². The fourth-order valence-electron chi connectivity index (χ4n) is 2.56. The molecule has 0 radical (unpaired) electrons. The molecule has 0 saturated heterocycles. The van der Waals surface area contributed by atoms with Crippen molar-refractivity contribution in [3.8, 4) is 11.6 Å². The van der Waals surface area contributed by atoms with Crippen molar-refractivity contribution in [1.82, 2.24) is 25.8 Å². The molecule has 3 aromatic heterocycles. The number of guanidine groups is 1. The highest BCUT2D eigenvalue weighted by Gasteiger charge is 2.09. The number of rotatable bonds is 8. The van der Waals surface area contributed by atoms with Crippen molar-refractivity contribution in [1.29, 1.82) is 0 Å². The molecule has 0 fully saturated rings. The fraction of sp³-hybridized carbons (Fsp3) is 0.389. The maximum atomic E-state index is 5.30. The molecule has 0 spiro atoms. The van der Waals surface area contributed by atoms with Gasteiger partial charge in [-0.2, -0.15) is 5.10 Å². The minimum absolute atomic E-state index is 0. The van der Waals surface area contributed by atoms with Gasteiger partial charge in [0.2, 0.25) is 5.82 Å². The van der Waals surface area contributed by atoms with Crippen LogP contribution >= 0.6 is 35.3 Å². The summed E-state index contributed by atoms with van der Waals surface area (Å²) in [7, 11) is 1.78. The van der Waals surface area contributed by atoms with Crippen LogP contribution in [0.25, 0.3) is 11.6 Å². The average molecular weight is 500 g/mol. The van der Waals surface area contributed by atoms with Crippen molar-refractivity contribution in [2.24, 2.45) is 10.9 Å².